The van der Waals surface area contributed by atoms with Crippen molar-refractivity contribution in [1.82, 2.24) is 4.57 Å². The summed E-state index contributed by atoms with van der Waals surface area (Å²) in [6, 6.07) is 13.1. The topological polar surface area (TPSA) is 34.4 Å². The molecule has 0 radical (unpaired) electrons. The van der Waals surface area contributed by atoms with E-state index in [1.165, 1.54) is 11.3 Å². The molecule has 0 aliphatic rings. The van der Waals surface area contributed by atoms with Crippen LogP contribution in [0.5, 0.6) is 0 Å². The molecule has 1 aromatic heterocycles. The van der Waals surface area contributed by atoms with E-state index >= 15 is 0 Å². The van der Waals surface area contributed by atoms with E-state index in [4.69, 9.17) is 11.6 Å². The van der Waals surface area contributed by atoms with Crippen molar-refractivity contribution < 1.29 is 4.79 Å². The number of amides is 1. The highest BCUT2D eigenvalue weighted by Gasteiger charge is 2.11. The van der Waals surface area contributed by atoms with E-state index in [1.807, 2.05) is 36.4 Å². The van der Waals surface area contributed by atoms with Gasteiger partial charge in [-0.15, -0.1) is 0 Å². The van der Waals surface area contributed by atoms with Crippen LogP contribution in [0, 0.1) is 0 Å². The number of fused-ring (bicyclic) bond motifs is 1. The number of benzene rings is 2. The Hall–Kier alpha value is -1.43. The lowest BCUT2D eigenvalue weighted by Crippen LogP contribution is -2.17. The van der Waals surface area contributed by atoms with Gasteiger partial charge in [-0.3, -0.25) is 4.79 Å². The monoisotopic (exact) mass is 408 g/mol. The van der Waals surface area contributed by atoms with Crippen LogP contribution < -0.4 is 4.80 Å². The third kappa shape index (κ3) is 3.42. The number of thiazole rings is 1. The van der Waals surface area contributed by atoms with Gasteiger partial charge >= 0.3 is 0 Å². The fourth-order valence-corrected chi connectivity index (χ4v) is 4.14. The molecular weight excluding hydrogens is 396 g/mol. The van der Waals surface area contributed by atoms with Gasteiger partial charge in [0.05, 0.1) is 15.8 Å². The quantitative estimate of drug-likeness (QED) is 0.580. The molecule has 2 aromatic carbocycles. The molecule has 0 saturated heterocycles. The van der Waals surface area contributed by atoms with Gasteiger partial charge in [0, 0.05) is 16.0 Å². The standard InChI is InChI=1S/C17H14BrClN2OS/c1-2-9-21-14-8-7-11(19)10-15(14)23-17(21)20-16(22)12-5-3-4-6-13(12)18/h3-8,10H,2,9H2,1H3. The summed E-state index contributed by atoms with van der Waals surface area (Å²) >= 11 is 11.0. The SMILES string of the molecule is CCCn1c(=NC(=O)c2ccccc2Br)sc2cc(Cl)ccc21. The number of nitrogens with zero attached hydrogens (tertiary/aromatic N) is 2. The maximum Gasteiger partial charge on any atom is 0.280 e. The van der Waals surface area contributed by atoms with Gasteiger partial charge in [-0.1, -0.05) is 42.0 Å². The lowest BCUT2D eigenvalue weighted by atomic mass is 10.2. The minimum Gasteiger partial charge on any atom is -0.316 e. The number of hydrogen-bond acceptors (Lipinski definition) is 2. The lowest BCUT2D eigenvalue weighted by molar-refractivity contribution is 0.0997. The summed E-state index contributed by atoms with van der Waals surface area (Å²) in [5.41, 5.74) is 1.62. The first-order chi connectivity index (χ1) is 11.1. The summed E-state index contributed by atoms with van der Waals surface area (Å²) in [6.45, 7) is 2.91. The average molecular weight is 410 g/mol. The molecule has 1 amide bonds. The normalized spacial score (nSPS) is 12.0. The molecule has 3 nitrogen and oxygen atoms in total. The Bertz CT molecular complexity index is 945. The minimum absolute atomic E-state index is 0.250. The van der Waals surface area contributed by atoms with Crippen LogP contribution in [0.4, 0.5) is 0 Å². The van der Waals surface area contributed by atoms with Crippen molar-refractivity contribution in [3.05, 3.63) is 62.3 Å². The number of hydrogen-bond donors (Lipinski definition) is 0. The molecule has 0 N–H and O–H groups in total. The zero-order valence-electron chi connectivity index (χ0n) is 12.4. The third-order valence-electron chi connectivity index (χ3n) is 3.39. The Balaban J connectivity index is 2.16. The van der Waals surface area contributed by atoms with E-state index in [2.05, 4.69) is 32.4 Å². The molecule has 0 aliphatic carbocycles. The summed E-state index contributed by atoms with van der Waals surface area (Å²) in [5, 5.41) is 0.686. The van der Waals surface area contributed by atoms with Gasteiger partial charge in [-0.2, -0.15) is 4.99 Å². The summed E-state index contributed by atoms with van der Waals surface area (Å²) < 4.78 is 3.86. The van der Waals surface area contributed by atoms with E-state index in [0.717, 1.165) is 27.7 Å². The molecule has 0 aliphatic heterocycles. The van der Waals surface area contributed by atoms with Crippen molar-refractivity contribution in [2.45, 2.75) is 19.9 Å². The Morgan fingerprint density at radius 2 is 2.09 bits per heavy atom. The number of carbonyl (C=O) groups excluding carboxylic acids is 1. The second kappa shape index (κ2) is 6.99. The van der Waals surface area contributed by atoms with Crippen molar-refractivity contribution in [3.8, 4) is 0 Å². The largest absolute Gasteiger partial charge is 0.316 e. The van der Waals surface area contributed by atoms with Crippen LogP contribution >= 0.6 is 38.9 Å². The van der Waals surface area contributed by atoms with Gasteiger partial charge in [0.15, 0.2) is 4.80 Å². The summed E-state index contributed by atoms with van der Waals surface area (Å²) in [5.74, 6) is -0.250. The van der Waals surface area contributed by atoms with Crippen molar-refractivity contribution in [2.75, 3.05) is 0 Å². The van der Waals surface area contributed by atoms with E-state index in [-0.39, 0.29) is 5.91 Å². The van der Waals surface area contributed by atoms with Crippen LogP contribution in [-0.4, -0.2) is 10.5 Å². The molecule has 118 valence electrons. The fraction of sp³-hybridized carbons (Fsp3) is 0.176. The molecule has 0 fully saturated rings. The Labute approximate surface area is 151 Å². The molecule has 3 aromatic rings. The summed E-state index contributed by atoms with van der Waals surface area (Å²) in [7, 11) is 0. The van der Waals surface area contributed by atoms with E-state index in [1.54, 1.807) is 6.07 Å². The fourth-order valence-electron chi connectivity index (χ4n) is 2.35. The van der Waals surface area contributed by atoms with Gasteiger partial charge in [0.2, 0.25) is 0 Å². The molecule has 6 heteroatoms. The van der Waals surface area contributed by atoms with Gasteiger partial charge in [0.1, 0.15) is 0 Å². The van der Waals surface area contributed by atoms with Crippen LogP contribution in [0.15, 0.2) is 51.9 Å². The van der Waals surface area contributed by atoms with Crippen LogP contribution in [0.25, 0.3) is 10.2 Å². The molecule has 0 saturated carbocycles. The number of aryl methyl sites for hydroxylation is 1. The second-order valence-corrected chi connectivity index (χ2v) is 7.34. The molecule has 0 unspecified atom stereocenters. The van der Waals surface area contributed by atoms with Gasteiger partial charge in [0.25, 0.3) is 5.91 Å². The first kappa shape index (κ1) is 16.4. The van der Waals surface area contributed by atoms with Gasteiger partial charge < -0.3 is 4.57 Å². The number of halogens is 2. The number of aromatic nitrogens is 1. The molecule has 0 spiro atoms. The maximum absolute atomic E-state index is 12.5. The molecule has 1 heterocycles. The zero-order valence-corrected chi connectivity index (χ0v) is 15.6. The second-order valence-electron chi connectivity index (χ2n) is 5.05. The molecule has 3 rings (SSSR count). The number of rotatable bonds is 3. The first-order valence-corrected chi connectivity index (χ1v) is 9.21. The molecule has 0 bridgehead atoms. The van der Waals surface area contributed by atoms with Crippen LogP contribution in [0.3, 0.4) is 0 Å². The smallest absolute Gasteiger partial charge is 0.280 e. The molecule has 0 atom stereocenters. The third-order valence-corrected chi connectivity index (χ3v) is 5.36. The van der Waals surface area contributed by atoms with Gasteiger partial charge in [-0.05, 0) is 52.7 Å². The van der Waals surface area contributed by atoms with Crippen LogP contribution in [-0.2, 0) is 6.54 Å². The predicted molar refractivity (Wildman–Crippen MR) is 99.2 cm³/mol. The minimum atomic E-state index is -0.250. The summed E-state index contributed by atoms with van der Waals surface area (Å²) in [4.78, 5) is 17.5. The number of carbonyl (C=O) groups is 1. The summed E-state index contributed by atoms with van der Waals surface area (Å²) in [6.07, 6.45) is 0.963. The average Bonchev–Trinajstić information content (AvgIpc) is 2.84. The molecule has 23 heavy (non-hydrogen) atoms. The van der Waals surface area contributed by atoms with Gasteiger partial charge in [-0.25, -0.2) is 0 Å². The Morgan fingerprint density at radius 3 is 2.83 bits per heavy atom. The first-order valence-electron chi connectivity index (χ1n) is 7.22. The Kier molecular flexibility index (Phi) is 4.99. The van der Waals surface area contributed by atoms with Crippen LogP contribution in [0.2, 0.25) is 5.02 Å². The van der Waals surface area contributed by atoms with E-state index in [0.29, 0.717) is 15.4 Å². The highest BCUT2D eigenvalue weighted by molar-refractivity contribution is 9.10. The highest BCUT2D eigenvalue weighted by Crippen LogP contribution is 2.22. The van der Waals surface area contributed by atoms with Crippen molar-refractivity contribution >= 4 is 55.0 Å². The van der Waals surface area contributed by atoms with Crippen LogP contribution in [0.1, 0.15) is 23.7 Å². The van der Waals surface area contributed by atoms with Crippen molar-refractivity contribution in [2.24, 2.45) is 4.99 Å². The predicted octanol–water partition coefficient (Wildman–Crippen LogP) is 5.27. The van der Waals surface area contributed by atoms with Crippen molar-refractivity contribution in [1.29, 1.82) is 0 Å². The maximum atomic E-state index is 12.5. The lowest BCUT2D eigenvalue weighted by Gasteiger charge is -2.03. The Morgan fingerprint density at radius 1 is 1.30 bits per heavy atom. The zero-order chi connectivity index (χ0) is 16.4. The highest BCUT2D eigenvalue weighted by atomic mass is 79.9. The van der Waals surface area contributed by atoms with E-state index < -0.39 is 0 Å². The van der Waals surface area contributed by atoms with Crippen molar-refractivity contribution in [3.63, 3.8) is 0 Å². The molecular formula is C17H14BrClN2OS. The van der Waals surface area contributed by atoms with E-state index in [9.17, 15) is 4.79 Å².